The highest BCUT2D eigenvalue weighted by molar-refractivity contribution is 5.78. The van der Waals surface area contributed by atoms with E-state index in [0.29, 0.717) is 23.3 Å². The van der Waals surface area contributed by atoms with Crippen molar-refractivity contribution in [3.8, 4) is 0 Å². The number of nitrogens with one attached hydrogen (secondary N) is 1. The van der Waals surface area contributed by atoms with Crippen molar-refractivity contribution in [2.75, 3.05) is 6.61 Å². The number of aryl methyl sites for hydroxylation is 1. The van der Waals surface area contributed by atoms with E-state index in [9.17, 15) is 9.59 Å². The Morgan fingerprint density at radius 3 is 3.00 bits per heavy atom. The molecule has 0 unspecified atom stereocenters. The first-order valence-corrected chi connectivity index (χ1v) is 8.43. The molecule has 6 heteroatoms. The van der Waals surface area contributed by atoms with Gasteiger partial charge in [0, 0.05) is 19.6 Å². The summed E-state index contributed by atoms with van der Waals surface area (Å²) in [5.74, 6) is 0.552. The SMILES string of the molecule is Cc1nc2ccccc2c(=O)n1CCC(=O)N[C@H](C)[C@@H]1CCCO1. The van der Waals surface area contributed by atoms with Gasteiger partial charge in [-0.2, -0.15) is 0 Å². The van der Waals surface area contributed by atoms with Gasteiger partial charge in [-0.05, 0) is 38.8 Å². The van der Waals surface area contributed by atoms with Crippen molar-refractivity contribution < 1.29 is 9.53 Å². The second-order valence-electron chi connectivity index (χ2n) is 6.29. The van der Waals surface area contributed by atoms with Crippen LogP contribution >= 0.6 is 0 Å². The van der Waals surface area contributed by atoms with Crippen molar-refractivity contribution in [1.29, 1.82) is 0 Å². The third-order valence-electron chi connectivity index (χ3n) is 4.53. The summed E-state index contributed by atoms with van der Waals surface area (Å²) in [7, 11) is 0. The Morgan fingerprint density at radius 1 is 1.46 bits per heavy atom. The lowest BCUT2D eigenvalue weighted by Crippen LogP contribution is -2.41. The number of nitrogens with zero attached hydrogens (tertiary/aromatic N) is 2. The largest absolute Gasteiger partial charge is 0.376 e. The number of para-hydroxylation sites is 1. The zero-order valence-electron chi connectivity index (χ0n) is 14.1. The third-order valence-corrected chi connectivity index (χ3v) is 4.53. The highest BCUT2D eigenvalue weighted by atomic mass is 16.5. The molecule has 0 spiro atoms. The minimum absolute atomic E-state index is 0.00690. The van der Waals surface area contributed by atoms with Crippen LogP contribution in [0, 0.1) is 6.92 Å². The summed E-state index contributed by atoms with van der Waals surface area (Å²) in [6.45, 7) is 4.85. The summed E-state index contributed by atoms with van der Waals surface area (Å²) < 4.78 is 7.15. The first-order chi connectivity index (χ1) is 11.6. The van der Waals surface area contributed by atoms with Gasteiger partial charge in [0.15, 0.2) is 0 Å². The lowest BCUT2D eigenvalue weighted by atomic mass is 10.1. The van der Waals surface area contributed by atoms with Crippen LogP contribution in [-0.4, -0.2) is 34.2 Å². The van der Waals surface area contributed by atoms with Crippen LogP contribution in [0.2, 0.25) is 0 Å². The quantitative estimate of drug-likeness (QED) is 0.907. The standard InChI is InChI=1S/C18H23N3O3/c1-12(16-8-5-11-24-16)19-17(22)9-10-21-13(2)20-15-7-4-3-6-14(15)18(21)23/h3-4,6-7,12,16H,5,8-11H2,1-2H3,(H,19,22)/t12-,16+/m1/s1. The Morgan fingerprint density at radius 2 is 2.25 bits per heavy atom. The molecular formula is C18H23N3O3. The van der Waals surface area contributed by atoms with Gasteiger partial charge in [0.2, 0.25) is 5.91 Å². The van der Waals surface area contributed by atoms with E-state index < -0.39 is 0 Å². The number of amides is 1. The summed E-state index contributed by atoms with van der Waals surface area (Å²) in [5, 5.41) is 3.55. The number of hydrogen-bond acceptors (Lipinski definition) is 4. The Balaban J connectivity index is 1.67. The minimum atomic E-state index is -0.0990. The molecule has 0 radical (unpaired) electrons. The van der Waals surface area contributed by atoms with Gasteiger partial charge in [-0.1, -0.05) is 12.1 Å². The highest BCUT2D eigenvalue weighted by Crippen LogP contribution is 2.15. The molecule has 1 aromatic carbocycles. The van der Waals surface area contributed by atoms with Crippen LogP contribution < -0.4 is 10.9 Å². The van der Waals surface area contributed by atoms with Gasteiger partial charge in [0.1, 0.15) is 5.82 Å². The third kappa shape index (κ3) is 3.48. The molecule has 0 saturated carbocycles. The maximum Gasteiger partial charge on any atom is 0.261 e. The lowest BCUT2D eigenvalue weighted by molar-refractivity contribution is -0.122. The fourth-order valence-electron chi connectivity index (χ4n) is 3.17. The monoisotopic (exact) mass is 329 g/mol. The molecule has 2 atom stereocenters. The van der Waals surface area contributed by atoms with E-state index in [4.69, 9.17) is 4.74 Å². The topological polar surface area (TPSA) is 73.2 Å². The molecule has 1 fully saturated rings. The number of carbonyl (C=O) groups excluding carboxylic acids is 1. The molecular weight excluding hydrogens is 306 g/mol. The molecule has 2 aromatic rings. The summed E-state index contributed by atoms with van der Waals surface area (Å²) in [4.78, 5) is 29.2. The number of rotatable bonds is 5. The zero-order valence-corrected chi connectivity index (χ0v) is 14.1. The van der Waals surface area contributed by atoms with E-state index in [2.05, 4.69) is 10.3 Å². The Hall–Kier alpha value is -2.21. The fourth-order valence-corrected chi connectivity index (χ4v) is 3.17. The van der Waals surface area contributed by atoms with Crippen LogP contribution in [0.5, 0.6) is 0 Å². The predicted octanol–water partition coefficient (Wildman–Crippen LogP) is 1.78. The van der Waals surface area contributed by atoms with Gasteiger partial charge in [-0.25, -0.2) is 4.98 Å². The summed E-state index contributed by atoms with van der Waals surface area (Å²) in [5.41, 5.74) is 0.589. The first-order valence-electron chi connectivity index (χ1n) is 8.43. The number of benzene rings is 1. The molecule has 1 saturated heterocycles. The van der Waals surface area contributed by atoms with Crippen molar-refractivity contribution >= 4 is 16.8 Å². The van der Waals surface area contributed by atoms with Crippen LogP contribution in [0.25, 0.3) is 10.9 Å². The van der Waals surface area contributed by atoms with Crippen molar-refractivity contribution in [3.05, 3.63) is 40.4 Å². The maximum absolute atomic E-state index is 12.6. The average Bonchev–Trinajstić information content (AvgIpc) is 3.09. The van der Waals surface area contributed by atoms with Crippen molar-refractivity contribution in [3.63, 3.8) is 0 Å². The molecule has 1 N–H and O–H groups in total. The van der Waals surface area contributed by atoms with Crippen LogP contribution in [0.15, 0.2) is 29.1 Å². The molecule has 2 heterocycles. The number of ether oxygens (including phenoxy) is 1. The van der Waals surface area contributed by atoms with E-state index >= 15 is 0 Å². The molecule has 1 amide bonds. The van der Waals surface area contributed by atoms with Crippen LogP contribution in [0.3, 0.4) is 0 Å². The maximum atomic E-state index is 12.6. The molecule has 0 bridgehead atoms. The Labute approximate surface area is 140 Å². The normalized spacial score (nSPS) is 18.7. The van der Waals surface area contributed by atoms with Crippen LogP contribution in [0.4, 0.5) is 0 Å². The van der Waals surface area contributed by atoms with Gasteiger partial charge in [0.25, 0.3) is 5.56 Å². The molecule has 0 aliphatic carbocycles. The highest BCUT2D eigenvalue weighted by Gasteiger charge is 2.23. The van der Waals surface area contributed by atoms with Crippen LogP contribution in [-0.2, 0) is 16.1 Å². The number of hydrogen-bond donors (Lipinski definition) is 1. The van der Waals surface area contributed by atoms with E-state index in [-0.39, 0.29) is 30.0 Å². The molecule has 24 heavy (non-hydrogen) atoms. The van der Waals surface area contributed by atoms with E-state index in [1.807, 2.05) is 25.1 Å². The second-order valence-corrected chi connectivity index (χ2v) is 6.29. The van der Waals surface area contributed by atoms with Crippen molar-refractivity contribution in [2.24, 2.45) is 0 Å². The Bertz CT molecular complexity index is 794. The number of carbonyl (C=O) groups is 1. The number of fused-ring (bicyclic) bond motifs is 1. The van der Waals surface area contributed by atoms with Crippen LogP contribution in [0.1, 0.15) is 32.0 Å². The summed E-state index contributed by atoms with van der Waals surface area (Å²) >= 11 is 0. The zero-order chi connectivity index (χ0) is 17.1. The smallest absolute Gasteiger partial charge is 0.261 e. The van der Waals surface area contributed by atoms with Gasteiger partial charge in [0.05, 0.1) is 23.0 Å². The lowest BCUT2D eigenvalue weighted by Gasteiger charge is -2.20. The van der Waals surface area contributed by atoms with Gasteiger partial charge >= 0.3 is 0 Å². The second kappa shape index (κ2) is 7.13. The molecule has 3 rings (SSSR count). The van der Waals surface area contributed by atoms with Gasteiger partial charge in [-0.15, -0.1) is 0 Å². The molecule has 1 aliphatic rings. The first kappa shape index (κ1) is 16.6. The van der Waals surface area contributed by atoms with Crippen molar-refractivity contribution in [1.82, 2.24) is 14.9 Å². The average molecular weight is 329 g/mol. The van der Waals surface area contributed by atoms with E-state index in [0.717, 1.165) is 19.4 Å². The summed E-state index contributed by atoms with van der Waals surface area (Å²) in [6, 6.07) is 7.26. The van der Waals surface area contributed by atoms with E-state index in [1.165, 1.54) is 0 Å². The van der Waals surface area contributed by atoms with Crippen molar-refractivity contribution in [2.45, 2.75) is 51.8 Å². The fraction of sp³-hybridized carbons (Fsp3) is 0.500. The van der Waals surface area contributed by atoms with Gasteiger partial charge < -0.3 is 10.1 Å². The van der Waals surface area contributed by atoms with E-state index in [1.54, 1.807) is 17.6 Å². The predicted molar refractivity (Wildman–Crippen MR) is 91.9 cm³/mol. The Kier molecular flexibility index (Phi) is 4.94. The molecule has 128 valence electrons. The minimum Gasteiger partial charge on any atom is -0.376 e. The number of aromatic nitrogens is 2. The molecule has 1 aliphatic heterocycles. The molecule has 1 aromatic heterocycles. The summed E-state index contributed by atoms with van der Waals surface area (Å²) in [6.07, 6.45) is 2.37. The molecule has 6 nitrogen and oxygen atoms in total. The van der Waals surface area contributed by atoms with Gasteiger partial charge in [-0.3, -0.25) is 14.2 Å².